The molecule has 1 N–H and O–H groups in total. The maximum atomic E-state index is 4.28. The Balaban J connectivity index is 2.37. The first-order valence-corrected chi connectivity index (χ1v) is 5.96. The molecular formula is C10H19N3S. The zero-order valence-electron chi connectivity index (χ0n) is 9.37. The fraction of sp³-hybridized carbons (Fsp3) is 0.800. The van der Waals surface area contributed by atoms with Gasteiger partial charge in [0.1, 0.15) is 5.82 Å². The van der Waals surface area contributed by atoms with Crippen molar-refractivity contribution in [3.05, 3.63) is 5.82 Å². The van der Waals surface area contributed by atoms with Crippen LogP contribution in [-0.2, 0) is 0 Å². The van der Waals surface area contributed by atoms with E-state index in [2.05, 4.69) is 35.4 Å². The third-order valence-electron chi connectivity index (χ3n) is 2.35. The van der Waals surface area contributed by atoms with Gasteiger partial charge in [0.25, 0.3) is 0 Å². The van der Waals surface area contributed by atoms with E-state index in [1.54, 1.807) is 0 Å². The van der Waals surface area contributed by atoms with Crippen molar-refractivity contribution in [3.8, 4) is 0 Å². The van der Waals surface area contributed by atoms with Crippen LogP contribution in [0.1, 0.15) is 39.4 Å². The van der Waals surface area contributed by atoms with E-state index in [1.807, 2.05) is 6.92 Å². The Kier molecular flexibility index (Phi) is 4.32. The molecule has 0 spiro atoms. The van der Waals surface area contributed by atoms with Gasteiger partial charge < -0.3 is 5.32 Å². The van der Waals surface area contributed by atoms with Crippen LogP contribution in [0.4, 0.5) is 5.13 Å². The van der Waals surface area contributed by atoms with Gasteiger partial charge in [-0.2, -0.15) is 4.37 Å². The van der Waals surface area contributed by atoms with Crippen LogP contribution in [0.25, 0.3) is 0 Å². The number of aromatic nitrogens is 2. The second-order valence-electron chi connectivity index (χ2n) is 3.94. The summed E-state index contributed by atoms with van der Waals surface area (Å²) in [6.07, 6.45) is 2.43. The minimum Gasteiger partial charge on any atom is -0.358 e. The molecule has 0 aliphatic rings. The summed E-state index contributed by atoms with van der Waals surface area (Å²) in [5.74, 6) is 1.62. The number of aryl methyl sites for hydroxylation is 1. The summed E-state index contributed by atoms with van der Waals surface area (Å²) >= 11 is 1.44. The Morgan fingerprint density at radius 2 is 2.14 bits per heavy atom. The lowest BCUT2D eigenvalue weighted by Gasteiger charge is -2.16. The van der Waals surface area contributed by atoms with Gasteiger partial charge in [0, 0.05) is 17.6 Å². The van der Waals surface area contributed by atoms with Crippen molar-refractivity contribution >= 4 is 16.7 Å². The lowest BCUT2D eigenvalue weighted by atomic mass is 10.0. The van der Waals surface area contributed by atoms with Gasteiger partial charge in [-0.25, -0.2) is 4.98 Å². The predicted molar refractivity (Wildman–Crippen MR) is 61.8 cm³/mol. The predicted octanol–water partition coefficient (Wildman–Crippen LogP) is 3.08. The molecular weight excluding hydrogens is 194 g/mol. The van der Waals surface area contributed by atoms with Crippen LogP contribution in [0.2, 0.25) is 0 Å². The van der Waals surface area contributed by atoms with Gasteiger partial charge in [-0.15, -0.1) is 0 Å². The molecule has 1 heterocycles. The van der Waals surface area contributed by atoms with E-state index < -0.39 is 0 Å². The van der Waals surface area contributed by atoms with Crippen molar-refractivity contribution in [2.45, 2.75) is 46.6 Å². The summed E-state index contributed by atoms with van der Waals surface area (Å²) < 4.78 is 4.14. The second-order valence-corrected chi connectivity index (χ2v) is 4.69. The number of nitrogens with zero attached hydrogens (tertiary/aromatic N) is 2. The molecule has 0 saturated carbocycles. The normalized spacial score (nSPS) is 15.1. The molecule has 0 aromatic carbocycles. The average Bonchev–Trinajstić information content (AvgIpc) is 2.50. The van der Waals surface area contributed by atoms with Crippen LogP contribution in [-0.4, -0.2) is 15.4 Å². The molecule has 4 heteroatoms. The van der Waals surface area contributed by atoms with Gasteiger partial charge in [-0.05, 0) is 26.2 Å². The van der Waals surface area contributed by atoms with Crippen molar-refractivity contribution < 1.29 is 0 Å². The summed E-state index contributed by atoms with van der Waals surface area (Å²) in [5, 5.41) is 4.32. The second kappa shape index (κ2) is 5.29. The largest absolute Gasteiger partial charge is 0.358 e. The molecule has 80 valence electrons. The zero-order valence-corrected chi connectivity index (χ0v) is 10.2. The van der Waals surface area contributed by atoms with Crippen LogP contribution in [0.3, 0.4) is 0 Å². The van der Waals surface area contributed by atoms with E-state index in [0.29, 0.717) is 6.04 Å². The Labute approximate surface area is 90.1 Å². The fourth-order valence-corrected chi connectivity index (χ4v) is 2.08. The highest BCUT2D eigenvalue weighted by atomic mass is 32.1. The molecule has 3 nitrogen and oxygen atoms in total. The van der Waals surface area contributed by atoms with Gasteiger partial charge in [0.05, 0.1) is 0 Å². The molecule has 0 aliphatic carbocycles. The first-order valence-electron chi connectivity index (χ1n) is 5.18. The number of hydrogen-bond donors (Lipinski definition) is 1. The fourth-order valence-electron chi connectivity index (χ4n) is 1.40. The summed E-state index contributed by atoms with van der Waals surface area (Å²) in [4.78, 5) is 4.28. The van der Waals surface area contributed by atoms with Crippen molar-refractivity contribution in [3.63, 3.8) is 0 Å². The molecule has 0 radical (unpaired) electrons. The van der Waals surface area contributed by atoms with Crippen molar-refractivity contribution in [2.75, 3.05) is 5.32 Å². The van der Waals surface area contributed by atoms with Crippen LogP contribution in [0.5, 0.6) is 0 Å². The zero-order chi connectivity index (χ0) is 10.6. The van der Waals surface area contributed by atoms with E-state index in [9.17, 15) is 0 Å². The van der Waals surface area contributed by atoms with Gasteiger partial charge in [-0.3, -0.25) is 0 Å². The molecule has 0 amide bonds. The third kappa shape index (κ3) is 3.62. The van der Waals surface area contributed by atoms with Gasteiger partial charge in [0.2, 0.25) is 5.13 Å². The van der Waals surface area contributed by atoms with Gasteiger partial charge >= 0.3 is 0 Å². The quantitative estimate of drug-likeness (QED) is 0.816. The van der Waals surface area contributed by atoms with E-state index >= 15 is 0 Å². The highest BCUT2D eigenvalue weighted by Gasteiger charge is 2.08. The molecule has 2 atom stereocenters. The van der Waals surface area contributed by atoms with Crippen LogP contribution >= 0.6 is 11.5 Å². The average molecular weight is 213 g/mol. The number of anilines is 1. The Hall–Kier alpha value is -0.640. The maximum absolute atomic E-state index is 4.28. The van der Waals surface area contributed by atoms with E-state index in [4.69, 9.17) is 0 Å². The number of rotatable bonds is 5. The van der Waals surface area contributed by atoms with E-state index in [-0.39, 0.29) is 0 Å². The molecule has 14 heavy (non-hydrogen) atoms. The standard InChI is InChI=1S/C10H19N3S/c1-5-7(2)6-8(3)11-10-12-9(4)13-14-10/h7-8H,5-6H2,1-4H3,(H,11,12,13). The summed E-state index contributed by atoms with van der Waals surface area (Å²) in [5.41, 5.74) is 0. The molecule has 0 saturated heterocycles. The lowest BCUT2D eigenvalue weighted by Crippen LogP contribution is -2.18. The smallest absolute Gasteiger partial charge is 0.202 e. The highest BCUT2D eigenvalue weighted by molar-refractivity contribution is 7.09. The van der Waals surface area contributed by atoms with Crippen LogP contribution in [0, 0.1) is 12.8 Å². The molecule has 2 unspecified atom stereocenters. The first kappa shape index (κ1) is 11.4. The van der Waals surface area contributed by atoms with Crippen molar-refractivity contribution in [1.82, 2.24) is 9.36 Å². The van der Waals surface area contributed by atoms with Crippen molar-refractivity contribution in [2.24, 2.45) is 5.92 Å². The molecule has 1 aromatic heterocycles. The number of nitrogens with one attached hydrogen (secondary N) is 1. The monoisotopic (exact) mass is 213 g/mol. The molecule has 0 bridgehead atoms. The highest BCUT2D eigenvalue weighted by Crippen LogP contribution is 2.16. The molecule has 0 aliphatic heterocycles. The van der Waals surface area contributed by atoms with E-state index in [0.717, 1.165) is 16.9 Å². The summed E-state index contributed by atoms with van der Waals surface area (Å²) in [7, 11) is 0. The van der Waals surface area contributed by atoms with Gasteiger partial charge in [0.15, 0.2) is 0 Å². The Bertz CT molecular complexity index is 272. The van der Waals surface area contributed by atoms with Gasteiger partial charge in [-0.1, -0.05) is 20.3 Å². The van der Waals surface area contributed by atoms with Crippen LogP contribution in [0.15, 0.2) is 0 Å². The molecule has 0 fully saturated rings. The first-order chi connectivity index (χ1) is 6.61. The minimum atomic E-state index is 0.484. The molecule has 1 aromatic rings. The minimum absolute atomic E-state index is 0.484. The van der Waals surface area contributed by atoms with E-state index in [1.165, 1.54) is 24.4 Å². The SMILES string of the molecule is CCC(C)CC(C)Nc1nc(C)ns1. The summed E-state index contributed by atoms with van der Waals surface area (Å²) in [6, 6.07) is 0.484. The molecule has 1 rings (SSSR count). The Morgan fingerprint density at radius 1 is 1.43 bits per heavy atom. The maximum Gasteiger partial charge on any atom is 0.202 e. The third-order valence-corrected chi connectivity index (χ3v) is 3.09. The topological polar surface area (TPSA) is 37.8 Å². The summed E-state index contributed by atoms with van der Waals surface area (Å²) in [6.45, 7) is 8.62. The van der Waals surface area contributed by atoms with Crippen molar-refractivity contribution in [1.29, 1.82) is 0 Å². The van der Waals surface area contributed by atoms with Crippen LogP contribution < -0.4 is 5.32 Å². The lowest BCUT2D eigenvalue weighted by molar-refractivity contribution is 0.483. The Morgan fingerprint density at radius 3 is 2.64 bits per heavy atom. The number of hydrogen-bond acceptors (Lipinski definition) is 4.